The van der Waals surface area contributed by atoms with Gasteiger partial charge in [0.25, 0.3) is 10.1 Å². The number of hydrogen-bond acceptors (Lipinski definition) is 6. The van der Waals surface area contributed by atoms with Crippen molar-refractivity contribution in [3.63, 3.8) is 0 Å². The van der Waals surface area contributed by atoms with Gasteiger partial charge in [-0.15, -0.1) is 23.3 Å². The van der Waals surface area contributed by atoms with Crippen LogP contribution in [0.15, 0.2) is 0 Å². The first-order valence-electron chi connectivity index (χ1n) is 4.53. The van der Waals surface area contributed by atoms with Crippen molar-refractivity contribution >= 4 is 33.4 Å². The molecule has 0 saturated carbocycles. The summed E-state index contributed by atoms with van der Waals surface area (Å²) in [6.45, 7) is 3.85. The molecule has 1 heterocycles. The first-order chi connectivity index (χ1) is 7.08. The zero-order valence-corrected chi connectivity index (χ0v) is 11.0. The van der Waals surface area contributed by atoms with E-state index in [1.54, 1.807) is 0 Å². The van der Waals surface area contributed by atoms with Crippen molar-refractivity contribution in [3.05, 3.63) is 0 Å². The van der Waals surface area contributed by atoms with Crippen molar-refractivity contribution in [2.24, 2.45) is 0 Å². The highest BCUT2D eigenvalue weighted by atomic mass is 33.1. The van der Waals surface area contributed by atoms with Gasteiger partial charge in [-0.25, -0.2) is 0 Å². The van der Waals surface area contributed by atoms with Gasteiger partial charge in [0.15, 0.2) is 0 Å². The fourth-order valence-corrected chi connectivity index (χ4v) is 1.79. The summed E-state index contributed by atoms with van der Waals surface area (Å²) in [6, 6.07) is 0. The lowest BCUT2D eigenvalue weighted by Gasteiger charge is -2.26. The fourth-order valence-electron chi connectivity index (χ4n) is 1.30. The molecule has 0 aromatic heterocycles. The molecule has 1 rings (SSSR count). The standard InChI is InChI=1S/C7H15NO4S.H2S2/c9-13(10,11)7-1-2-8-3-5-12-6-4-8;1-2/h1-7H2,(H,9,10,11);1-2H. The van der Waals surface area contributed by atoms with Crippen molar-refractivity contribution < 1.29 is 17.7 Å². The third kappa shape index (κ3) is 9.46. The maximum Gasteiger partial charge on any atom is 0.264 e. The van der Waals surface area contributed by atoms with Crippen LogP contribution in [0.2, 0.25) is 0 Å². The van der Waals surface area contributed by atoms with Crippen LogP contribution in [0.3, 0.4) is 0 Å². The molecular formula is C7H17NO4S3. The Bertz CT molecular complexity index is 239. The maximum absolute atomic E-state index is 10.4. The van der Waals surface area contributed by atoms with Crippen molar-refractivity contribution in [2.45, 2.75) is 6.42 Å². The average molecular weight is 275 g/mol. The van der Waals surface area contributed by atoms with E-state index in [1.807, 2.05) is 0 Å². The van der Waals surface area contributed by atoms with Crippen molar-refractivity contribution in [3.8, 4) is 0 Å². The molecule has 92 valence electrons. The topological polar surface area (TPSA) is 66.8 Å². The van der Waals surface area contributed by atoms with Crippen LogP contribution in [0.1, 0.15) is 6.42 Å². The van der Waals surface area contributed by atoms with E-state index >= 15 is 0 Å². The second-order valence-corrected chi connectivity index (χ2v) is 4.67. The largest absolute Gasteiger partial charge is 0.379 e. The van der Waals surface area contributed by atoms with E-state index in [4.69, 9.17) is 9.29 Å². The summed E-state index contributed by atoms with van der Waals surface area (Å²) in [7, 11) is -3.78. The molecule has 0 radical (unpaired) electrons. The summed E-state index contributed by atoms with van der Waals surface area (Å²) in [5.74, 6) is -0.148. The van der Waals surface area contributed by atoms with Crippen LogP contribution in [-0.2, 0) is 14.9 Å². The summed E-state index contributed by atoms with van der Waals surface area (Å²) in [4.78, 5) is 2.13. The maximum atomic E-state index is 10.4. The quantitative estimate of drug-likeness (QED) is 0.393. The zero-order valence-electron chi connectivity index (χ0n) is 8.37. The Morgan fingerprint density at radius 1 is 1.27 bits per heavy atom. The van der Waals surface area contributed by atoms with Gasteiger partial charge in [-0.1, -0.05) is 0 Å². The Balaban J connectivity index is 0.000000921. The minimum atomic E-state index is -3.78. The molecule has 0 bridgehead atoms. The predicted octanol–water partition coefficient (Wildman–Crippen LogP) is 0.358. The molecule has 1 fully saturated rings. The second-order valence-electron chi connectivity index (χ2n) is 3.09. The first-order valence-corrected chi connectivity index (χ1v) is 7.74. The lowest BCUT2D eigenvalue weighted by Crippen LogP contribution is -2.37. The summed E-state index contributed by atoms with van der Waals surface area (Å²) in [5, 5.41) is 0. The minimum Gasteiger partial charge on any atom is -0.379 e. The van der Waals surface area contributed by atoms with Crippen LogP contribution < -0.4 is 0 Å². The fraction of sp³-hybridized carbons (Fsp3) is 1.00. The Morgan fingerprint density at radius 3 is 2.27 bits per heavy atom. The highest BCUT2D eigenvalue weighted by Gasteiger charge is 2.11. The third-order valence-electron chi connectivity index (χ3n) is 1.98. The highest BCUT2D eigenvalue weighted by Crippen LogP contribution is 1.99. The molecule has 1 aliphatic rings. The van der Waals surface area contributed by atoms with Crippen LogP contribution in [0.25, 0.3) is 0 Å². The van der Waals surface area contributed by atoms with E-state index in [1.165, 1.54) is 0 Å². The normalized spacial score (nSPS) is 18.1. The monoisotopic (exact) mass is 275 g/mol. The molecule has 8 heteroatoms. The van der Waals surface area contributed by atoms with E-state index in [0.717, 1.165) is 13.1 Å². The number of ether oxygens (including phenoxy) is 1. The predicted molar refractivity (Wildman–Crippen MR) is 66.3 cm³/mol. The van der Waals surface area contributed by atoms with E-state index in [9.17, 15) is 8.42 Å². The summed E-state index contributed by atoms with van der Waals surface area (Å²) < 4.78 is 34.4. The Kier molecular flexibility index (Phi) is 8.96. The molecule has 1 saturated heterocycles. The summed E-state index contributed by atoms with van der Waals surface area (Å²) in [6.07, 6.45) is 0.485. The molecule has 0 amide bonds. The molecule has 0 aliphatic carbocycles. The van der Waals surface area contributed by atoms with Crippen LogP contribution in [0.5, 0.6) is 0 Å². The van der Waals surface area contributed by atoms with Crippen LogP contribution in [-0.4, -0.2) is 56.5 Å². The van der Waals surface area contributed by atoms with Gasteiger partial charge in [-0.3, -0.25) is 9.45 Å². The molecule has 0 spiro atoms. The molecular weight excluding hydrogens is 258 g/mol. The number of morpholine rings is 1. The SMILES string of the molecule is O=S(=O)(O)CCCN1CCOCC1.SS. The van der Waals surface area contributed by atoms with E-state index in [0.29, 0.717) is 26.2 Å². The summed E-state index contributed by atoms with van der Waals surface area (Å²) >= 11 is 6.44. The van der Waals surface area contributed by atoms with Crippen molar-refractivity contribution in [2.75, 3.05) is 38.6 Å². The molecule has 1 aliphatic heterocycles. The minimum absolute atomic E-state index is 0.148. The molecule has 5 nitrogen and oxygen atoms in total. The highest BCUT2D eigenvalue weighted by molar-refractivity contribution is 8.59. The average Bonchev–Trinajstić information content (AvgIpc) is 2.20. The van der Waals surface area contributed by atoms with Gasteiger partial charge in [0.1, 0.15) is 0 Å². The number of thiol groups is 2. The first kappa shape index (κ1) is 15.5. The van der Waals surface area contributed by atoms with E-state index < -0.39 is 10.1 Å². The van der Waals surface area contributed by atoms with Crippen LogP contribution in [0, 0.1) is 0 Å². The Hall–Kier alpha value is 0.530. The number of nitrogens with zero attached hydrogens (tertiary/aromatic N) is 1. The number of rotatable bonds is 4. The molecule has 0 unspecified atom stereocenters. The summed E-state index contributed by atoms with van der Waals surface area (Å²) in [5.41, 5.74) is 0. The van der Waals surface area contributed by atoms with Gasteiger partial charge < -0.3 is 4.74 Å². The van der Waals surface area contributed by atoms with Gasteiger partial charge >= 0.3 is 0 Å². The Labute approximate surface area is 101 Å². The zero-order chi connectivity index (χ0) is 11.7. The van der Waals surface area contributed by atoms with Gasteiger partial charge in [0.2, 0.25) is 0 Å². The van der Waals surface area contributed by atoms with Gasteiger partial charge in [0.05, 0.1) is 19.0 Å². The Morgan fingerprint density at radius 2 is 1.80 bits per heavy atom. The molecule has 0 aromatic carbocycles. The van der Waals surface area contributed by atoms with E-state index in [2.05, 4.69) is 28.2 Å². The molecule has 0 aromatic rings. The lowest BCUT2D eigenvalue weighted by molar-refractivity contribution is 0.0380. The van der Waals surface area contributed by atoms with Crippen LogP contribution >= 0.6 is 23.3 Å². The van der Waals surface area contributed by atoms with Crippen LogP contribution in [0.4, 0.5) is 0 Å². The van der Waals surface area contributed by atoms with Crippen molar-refractivity contribution in [1.29, 1.82) is 0 Å². The van der Waals surface area contributed by atoms with Gasteiger partial charge in [-0.2, -0.15) is 8.42 Å². The van der Waals surface area contributed by atoms with E-state index in [-0.39, 0.29) is 5.75 Å². The second kappa shape index (κ2) is 8.66. The molecule has 0 atom stereocenters. The molecule has 15 heavy (non-hydrogen) atoms. The number of hydrogen-bond donors (Lipinski definition) is 3. The van der Waals surface area contributed by atoms with Crippen molar-refractivity contribution in [1.82, 2.24) is 4.90 Å². The lowest BCUT2D eigenvalue weighted by atomic mass is 10.4. The van der Waals surface area contributed by atoms with Gasteiger partial charge in [0, 0.05) is 13.1 Å². The third-order valence-corrected chi connectivity index (χ3v) is 2.78. The molecule has 1 N–H and O–H groups in total. The van der Waals surface area contributed by atoms with Gasteiger partial charge in [-0.05, 0) is 13.0 Å². The smallest absolute Gasteiger partial charge is 0.264 e.